The minimum absolute atomic E-state index is 0.0776. The van der Waals surface area contributed by atoms with Crippen LogP contribution in [0.5, 0.6) is 0 Å². The van der Waals surface area contributed by atoms with Crippen LogP contribution in [0.4, 0.5) is 0 Å². The molecule has 0 aliphatic carbocycles. The number of benzene rings is 1. The smallest absolute Gasteiger partial charge is 0.338 e. The highest BCUT2D eigenvalue weighted by atomic mass is 16.5. The molecule has 0 atom stereocenters. The highest BCUT2D eigenvalue weighted by Crippen LogP contribution is 2.10. The topological polar surface area (TPSA) is 61.6 Å². The van der Waals surface area contributed by atoms with Gasteiger partial charge in [0.05, 0.1) is 17.9 Å². The Balaban J connectivity index is 1.97. The highest BCUT2D eigenvalue weighted by molar-refractivity contribution is 5.89. The number of methoxy groups -OCH3 is 1. The molecule has 0 aliphatic rings. The Bertz CT molecular complexity index is 562. The molecule has 0 bridgehead atoms. The van der Waals surface area contributed by atoms with Gasteiger partial charge in [-0.1, -0.05) is 17.3 Å². The van der Waals surface area contributed by atoms with Crippen molar-refractivity contribution in [2.45, 2.75) is 20.1 Å². The minimum atomic E-state index is -0.396. The van der Waals surface area contributed by atoms with E-state index in [-0.39, 0.29) is 6.61 Å². The molecule has 1 aromatic heterocycles. The lowest BCUT2D eigenvalue weighted by atomic mass is 10.1. The molecule has 0 saturated carbocycles. The van der Waals surface area contributed by atoms with E-state index in [4.69, 9.17) is 14.0 Å². The van der Waals surface area contributed by atoms with Crippen molar-refractivity contribution in [3.8, 4) is 0 Å². The van der Waals surface area contributed by atoms with E-state index in [0.29, 0.717) is 17.9 Å². The highest BCUT2D eigenvalue weighted by Gasteiger charge is 2.10. The van der Waals surface area contributed by atoms with E-state index in [0.717, 1.165) is 11.3 Å². The van der Waals surface area contributed by atoms with E-state index in [9.17, 15) is 4.79 Å². The summed E-state index contributed by atoms with van der Waals surface area (Å²) in [6.45, 7) is 2.35. The minimum Gasteiger partial charge on any atom is -0.454 e. The molecule has 0 aliphatic heterocycles. The lowest BCUT2D eigenvalue weighted by Gasteiger charge is -2.04. The number of hydrogen-bond acceptors (Lipinski definition) is 5. The number of aryl methyl sites for hydroxylation is 1. The van der Waals surface area contributed by atoms with E-state index in [2.05, 4.69) is 5.16 Å². The zero-order chi connectivity index (χ0) is 13.7. The van der Waals surface area contributed by atoms with Crippen LogP contribution in [0.1, 0.15) is 27.4 Å². The quantitative estimate of drug-likeness (QED) is 0.774. The summed E-state index contributed by atoms with van der Waals surface area (Å²) in [5.74, 6) is 0.130. The summed E-state index contributed by atoms with van der Waals surface area (Å²) in [6.07, 6.45) is 0. The molecule has 5 heteroatoms. The average Bonchev–Trinajstić information content (AvgIpc) is 2.82. The van der Waals surface area contributed by atoms with Crippen molar-refractivity contribution in [1.82, 2.24) is 5.16 Å². The number of nitrogens with zero attached hydrogens (tertiary/aromatic N) is 1. The summed E-state index contributed by atoms with van der Waals surface area (Å²) in [5, 5.41) is 3.72. The van der Waals surface area contributed by atoms with Crippen molar-refractivity contribution in [1.29, 1.82) is 0 Å². The Morgan fingerprint density at radius 3 is 2.84 bits per heavy atom. The van der Waals surface area contributed by atoms with Crippen LogP contribution in [0, 0.1) is 6.92 Å². The maximum absolute atomic E-state index is 11.9. The van der Waals surface area contributed by atoms with Crippen LogP contribution in [-0.4, -0.2) is 18.2 Å². The molecular weight excluding hydrogens is 246 g/mol. The SMILES string of the molecule is COCc1cccc(C(=O)OCc2cc(C)no2)c1. The third-order valence-electron chi connectivity index (χ3n) is 2.50. The van der Waals surface area contributed by atoms with Crippen LogP contribution in [0.15, 0.2) is 34.9 Å². The Morgan fingerprint density at radius 2 is 2.16 bits per heavy atom. The standard InChI is InChI=1S/C14H15NO4/c1-10-6-13(19-15-10)9-18-14(16)12-5-3-4-11(7-12)8-17-2/h3-7H,8-9H2,1-2H3. The lowest BCUT2D eigenvalue weighted by molar-refractivity contribution is 0.0437. The van der Waals surface area contributed by atoms with Crippen LogP contribution in [0.2, 0.25) is 0 Å². The first-order chi connectivity index (χ1) is 9.19. The second-order valence-corrected chi connectivity index (χ2v) is 4.14. The Hall–Kier alpha value is -2.14. The third kappa shape index (κ3) is 3.66. The first kappa shape index (κ1) is 13.3. The maximum atomic E-state index is 11.9. The first-order valence-corrected chi connectivity index (χ1v) is 5.86. The molecule has 5 nitrogen and oxygen atoms in total. The molecule has 0 saturated heterocycles. The van der Waals surface area contributed by atoms with Crippen LogP contribution in [0.25, 0.3) is 0 Å². The van der Waals surface area contributed by atoms with Crippen LogP contribution in [-0.2, 0) is 22.7 Å². The van der Waals surface area contributed by atoms with Gasteiger partial charge in [0.25, 0.3) is 0 Å². The van der Waals surface area contributed by atoms with E-state index < -0.39 is 5.97 Å². The molecule has 1 heterocycles. The number of carbonyl (C=O) groups excluding carboxylic acids is 1. The van der Waals surface area contributed by atoms with Crippen LogP contribution < -0.4 is 0 Å². The fraction of sp³-hybridized carbons (Fsp3) is 0.286. The van der Waals surface area contributed by atoms with Crippen molar-refractivity contribution in [2.24, 2.45) is 0 Å². The van der Waals surface area contributed by atoms with Crippen molar-refractivity contribution in [3.63, 3.8) is 0 Å². The monoisotopic (exact) mass is 261 g/mol. The number of ether oxygens (including phenoxy) is 2. The molecule has 1 aromatic carbocycles. The molecule has 0 N–H and O–H groups in total. The molecule has 0 spiro atoms. The number of carbonyl (C=O) groups is 1. The van der Waals surface area contributed by atoms with Crippen LogP contribution in [0.3, 0.4) is 0 Å². The molecule has 0 radical (unpaired) electrons. The second kappa shape index (κ2) is 6.15. The number of aromatic nitrogens is 1. The van der Waals surface area contributed by atoms with Gasteiger partial charge >= 0.3 is 5.97 Å². The molecule has 2 aromatic rings. The zero-order valence-electron chi connectivity index (χ0n) is 10.9. The van der Waals surface area contributed by atoms with Gasteiger partial charge in [-0.25, -0.2) is 4.79 Å². The number of hydrogen-bond donors (Lipinski definition) is 0. The molecule has 19 heavy (non-hydrogen) atoms. The molecule has 0 fully saturated rings. The summed E-state index contributed by atoms with van der Waals surface area (Å²) in [7, 11) is 1.61. The van der Waals surface area contributed by atoms with E-state index in [1.807, 2.05) is 13.0 Å². The van der Waals surface area contributed by atoms with Gasteiger partial charge in [0, 0.05) is 13.2 Å². The third-order valence-corrected chi connectivity index (χ3v) is 2.50. The average molecular weight is 261 g/mol. The summed E-state index contributed by atoms with van der Waals surface area (Å²) < 4.78 is 15.1. The van der Waals surface area contributed by atoms with Gasteiger partial charge in [-0.15, -0.1) is 0 Å². The van der Waals surface area contributed by atoms with Gasteiger partial charge in [-0.05, 0) is 24.6 Å². The number of esters is 1. The molecule has 0 unspecified atom stereocenters. The first-order valence-electron chi connectivity index (χ1n) is 5.86. The van der Waals surface area contributed by atoms with Crippen molar-refractivity contribution in [2.75, 3.05) is 7.11 Å². The predicted octanol–water partition coefficient (Wildman–Crippen LogP) is 2.49. The normalized spacial score (nSPS) is 10.4. The van der Waals surface area contributed by atoms with E-state index >= 15 is 0 Å². The van der Waals surface area contributed by atoms with Crippen molar-refractivity contribution >= 4 is 5.97 Å². The van der Waals surface area contributed by atoms with Gasteiger partial charge in [0.1, 0.15) is 0 Å². The number of rotatable bonds is 5. The van der Waals surface area contributed by atoms with Crippen molar-refractivity contribution in [3.05, 3.63) is 52.9 Å². The van der Waals surface area contributed by atoms with Gasteiger partial charge < -0.3 is 14.0 Å². The van der Waals surface area contributed by atoms with Gasteiger partial charge in [-0.2, -0.15) is 0 Å². The fourth-order valence-electron chi connectivity index (χ4n) is 1.66. The van der Waals surface area contributed by atoms with Gasteiger partial charge in [-0.3, -0.25) is 0 Å². The maximum Gasteiger partial charge on any atom is 0.338 e. The Morgan fingerprint density at radius 1 is 1.32 bits per heavy atom. The van der Waals surface area contributed by atoms with E-state index in [1.165, 1.54) is 0 Å². The largest absolute Gasteiger partial charge is 0.454 e. The lowest BCUT2D eigenvalue weighted by Crippen LogP contribution is -2.05. The van der Waals surface area contributed by atoms with Crippen LogP contribution >= 0.6 is 0 Å². The second-order valence-electron chi connectivity index (χ2n) is 4.14. The molecule has 2 rings (SSSR count). The van der Waals surface area contributed by atoms with Gasteiger partial charge in [0.2, 0.25) is 0 Å². The summed E-state index contributed by atoms with van der Waals surface area (Å²) in [5.41, 5.74) is 2.17. The summed E-state index contributed by atoms with van der Waals surface area (Å²) in [4.78, 5) is 11.9. The fourth-order valence-corrected chi connectivity index (χ4v) is 1.66. The molecular formula is C14H15NO4. The molecule has 100 valence electrons. The predicted molar refractivity (Wildman–Crippen MR) is 67.5 cm³/mol. The Kier molecular flexibility index (Phi) is 4.30. The van der Waals surface area contributed by atoms with Crippen molar-refractivity contribution < 1.29 is 18.8 Å². The summed E-state index contributed by atoms with van der Waals surface area (Å²) >= 11 is 0. The molecule has 0 amide bonds. The summed E-state index contributed by atoms with van der Waals surface area (Å²) in [6, 6.07) is 8.86. The van der Waals surface area contributed by atoms with Gasteiger partial charge in [0.15, 0.2) is 12.4 Å². The Labute approximate surface area is 111 Å². The van der Waals surface area contributed by atoms with E-state index in [1.54, 1.807) is 31.4 Å². The zero-order valence-corrected chi connectivity index (χ0v) is 10.9.